The molecule has 4 nitrogen and oxygen atoms in total. The van der Waals surface area contributed by atoms with E-state index in [1.165, 1.54) is 25.9 Å². The first-order valence-corrected chi connectivity index (χ1v) is 7.56. The van der Waals surface area contributed by atoms with Crippen molar-refractivity contribution in [3.63, 3.8) is 0 Å². The van der Waals surface area contributed by atoms with Gasteiger partial charge in [0.25, 0.3) is 0 Å². The molecule has 4 heteroatoms. The Balaban J connectivity index is 2.30. The number of piperidine rings is 1. The van der Waals surface area contributed by atoms with Crippen LogP contribution in [0.15, 0.2) is 0 Å². The van der Waals surface area contributed by atoms with Crippen LogP contribution >= 0.6 is 0 Å². The van der Waals surface area contributed by atoms with E-state index in [-0.39, 0.29) is 5.54 Å². The topological polar surface area (TPSA) is 42.3 Å². The van der Waals surface area contributed by atoms with E-state index in [4.69, 9.17) is 0 Å². The summed E-state index contributed by atoms with van der Waals surface area (Å²) in [7, 11) is 4.43. The molecule has 0 aliphatic carbocycles. The number of nitrogens with zero attached hydrogens (tertiary/aromatic N) is 3. The summed E-state index contributed by atoms with van der Waals surface area (Å²) in [6, 6.07) is 3.09. The van der Waals surface area contributed by atoms with Crippen molar-refractivity contribution in [1.82, 2.24) is 15.1 Å². The summed E-state index contributed by atoms with van der Waals surface area (Å²) in [5, 5.41) is 12.5. The normalized spacial score (nSPS) is 24.1. The van der Waals surface area contributed by atoms with Crippen molar-refractivity contribution in [1.29, 1.82) is 5.26 Å². The summed E-state index contributed by atoms with van der Waals surface area (Å²) >= 11 is 0. The van der Waals surface area contributed by atoms with Crippen LogP contribution in [0.25, 0.3) is 0 Å². The van der Waals surface area contributed by atoms with Gasteiger partial charge in [0, 0.05) is 12.6 Å². The molecule has 0 amide bonds. The fourth-order valence-electron chi connectivity index (χ4n) is 2.94. The standard InChI is InChI=1S/C15H30N4/c1-5-17-15(2,13-16)9-7-11-19(4)14-8-6-10-18(3)12-14/h14,17H,5-12H2,1-4H3. The molecule has 0 radical (unpaired) electrons. The van der Waals surface area contributed by atoms with Crippen LogP contribution < -0.4 is 5.32 Å². The summed E-state index contributed by atoms with van der Waals surface area (Å²) < 4.78 is 0. The first-order valence-electron chi connectivity index (χ1n) is 7.56. The van der Waals surface area contributed by atoms with E-state index < -0.39 is 0 Å². The number of likely N-dealkylation sites (N-methyl/N-ethyl adjacent to an activating group) is 2. The number of likely N-dealkylation sites (tertiary alicyclic amines) is 1. The Morgan fingerprint density at radius 2 is 2.26 bits per heavy atom. The van der Waals surface area contributed by atoms with Gasteiger partial charge in [-0.15, -0.1) is 0 Å². The van der Waals surface area contributed by atoms with Gasteiger partial charge in [-0.05, 0) is 66.3 Å². The third-order valence-electron chi connectivity index (χ3n) is 4.22. The summed E-state index contributed by atoms with van der Waals surface area (Å²) in [5.41, 5.74) is -0.362. The summed E-state index contributed by atoms with van der Waals surface area (Å²) in [5.74, 6) is 0. The van der Waals surface area contributed by atoms with Gasteiger partial charge in [0.05, 0.1) is 6.07 Å². The molecule has 2 atom stereocenters. The van der Waals surface area contributed by atoms with E-state index in [1.807, 2.05) is 6.92 Å². The SMILES string of the molecule is CCNC(C)(C#N)CCCN(C)C1CCCN(C)C1. The molecule has 1 saturated heterocycles. The van der Waals surface area contributed by atoms with E-state index in [0.717, 1.165) is 25.9 Å². The minimum absolute atomic E-state index is 0.362. The lowest BCUT2D eigenvalue weighted by atomic mass is 9.97. The molecule has 0 bridgehead atoms. The molecule has 1 aliphatic rings. The second-order valence-electron chi connectivity index (χ2n) is 6.12. The Bertz CT molecular complexity index is 299. The molecule has 0 spiro atoms. The van der Waals surface area contributed by atoms with E-state index in [9.17, 15) is 5.26 Å². The Labute approximate surface area is 118 Å². The average molecular weight is 266 g/mol. The Kier molecular flexibility index (Phi) is 6.78. The van der Waals surface area contributed by atoms with Crippen molar-refractivity contribution in [2.45, 2.75) is 51.1 Å². The van der Waals surface area contributed by atoms with E-state index in [2.05, 4.69) is 42.2 Å². The summed E-state index contributed by atoms with van der Waals surface area (Å²) in [4.78, 5) is 4.89. The Hall–Kier alpha value is -0.630. The molecular formula is C15H30N4. The zero-order valence-electron chi connectivity index (χ0n) is 13.1. The van der Waals surface area contributed by atoms with E-state index >= 15 is 0 Å². The zero-order valence-corrected chi connectivity index (χ0v) is 13.1. The lowest BCUT2D eigenvalue weighted by molar-refractivity contribution is 0.131. The van der Waals surface area contributed by atoms with Crippen molar-refractivity contribution >= 4 is 0 Å². The van der Waals surface area contributed by atoms with Crippen molar-refractivity contribution in [2.75, 3.05) is 40.3 Å². The highest BCUT2D eigenvalue weighted by atomic mass is 15.2. The zero-order chi connectivity index (χ0) is 14.3. The minimum Gasteiger partial charge on any atom is -0.305 e. The monoisotopic (exact) mass is 266 g/mol. The van der Waals surface area contributed by atoms with Crippen LogP contribution in [0, 0.1) is 11.3 Å². The maximum absolute atomic E-state index is 9.23. The number of hydrogen-bond acceptors (Lipinski definition) is 4. The largest absolute Gasteiger partial charge is 0.305 e. The molecule has 2 unspecified atom stereocenters. The third-order valence-corrected chi connectivity index (χ3v) is 4.22. The average Bonchev–Trinajstić information content (AvgIpc) is 2.39. The lowest BCUT2D eigenvalue weighted by Crippen LogP contribution is -2.46. The molecule has 110 valence electrons. The van der Waals surface area contributed by atoms with Crippen LogP contribution in [0.4, 0.5) is 0 Å². The quantitative estimate of drug-likeness (QED) is 0.761. The number of rotatable bonds is 7. The maximum atomic E-state index is 9.23. The predicted octanol–water partition coefficient (Wildman–Crippen LogP) is 1.68. The van der Waals surface area contributed by atoms with Crippen LogP contribution in [0.5, 0.6) is 0 Å². The van der Waals surface area contributed by atoms with Gasteiger partial charge in [-0.1, -0.05) is 6.92 Å². The van der Waals surface area contributed by atoms with Gasteiger partial charge >= 0.3 is 0 Å². The number of nitrogens with one attached hydrogen (secondary N) is 1. The molecule has 0 saturated carbocycles. The maximum Gasteiger partial charge on any atom is 0.103 e. The molecule has 19 heavy (non-hydrogen) atoms. The molecule has 1 aliphatic heterocycles. The highest BCUT2D eigenvalue weighted by Gasteiger charge is 2.24. The second kappa shape index (κ2) is 7.84. The van der Waals surface area contributed by atoms with Gasteiger partial charge in [-0.25, -0.2) is 0 Å². The summed E-state index contributed by atoms with van der Waals surface area (Å²) in [6.45, 7) is 8.41. The Morgan fingerprint density at radius 3 is 2.84 bits per heavy atom. The number of hydrogen-bond donors (Lipinski definition) is 1. The predicted molar refractivity (Wildman–Crippen MR) is 80.1 cm³/mol. The molecule has 1 fully saturated rings. The fourth-order valence-corrected chi connectivity index (χ4v) is 2.94. The Morgan fingerprint density at radius 1 is 1.53 bits per heavy atom. The van der Waals surface area contributed by atoms with E-state index in [0.29, 0.717) is 6.04 Å². The van der Waals surface area contributed by atoms with Crippen molar-refractivity contribution < 1.29 is 0 Å². The minimum atomic E-state index is -0.362. The van der Waals surface area contributed by atoms with Gasteiger partial charge in [0.1, 0.15) is 5.54 Å². The first kappa shape index (κ1) is 16.4. The van der Waals surface area contributed by atoms with Crippen LogP contribution in [0.3, 0.4) is 0 Å². The fraction of sp³-hybridized carbons (Fsp3) is 0.933. The van der Waals surface area contributed by atoms with Gasteiger partial charge in [0.15, 0.2) is 0 Å². The number of nitriles is 1. The lowest BCUT2D eigenvalue weighted by Gasteiger charge is -2.36. The van der Waals surface area contributed by atoms with Gasteiger partial charge in [-0.2, -0.15) is 5.26 Å². The van der Waals surface area contributed by atoms with E-state index in [1.54, 1.807) is 0 Å². The van der Waals surface area contributed by atoms with Crippen molar-refractivity contribution in [3.05, 3.63) is 0 Å². The smallest absolute Gasteiger partial charge is 0.103 e. The van der Waals surface area contributed by atoms with Crippen molar-refractivity contribution in [2.24, 2.45) is 0 Å². The van der Waals surface area contributed by atoms with Crippen LogP contribution in [-0.2, 0) is 0 Å². The highest BCUT2D eigenvalue weighted by Crippen LogP contribution is 2.16. The van der Waals surface area contributed by atoms with Crippen molar-refractivity contribution in [3.8, 4) is 6.07 Å². The molecule has 0 aromatic rings. The van der Waals surface area contributed by atoms with Crippen LogP contribution in [0.2, 0.25) is 0 Å². The first-order chi connectivity index (χ1) is 9.00. The summed E-state index contributed by atoms with van der Waals surface area (Å²) in [6.07, 6.45) is 4.61. The van der Waals surface area contributed by atoms with Gasteiger partial charge < -0.3 is 9.80 Å². The highest BCUT2D eigenvalue weighted by molar-refractivity contribution is 5.03. The second-order valence-corrected chi connectivity index (χ2v) is 6.12. The van der Waals surface area contributed by atoms with Gasteiger partial charge in [0.2, 0.25) is 0 Å². The third kappa shape index (κ3) is 5.48. The molecule has 1 N–H and O–H groups in total. The van der Waals surface area contributed by atoms with Crippen LogP contribution in [-0.4, -0.2) is 61.7 Å². The molecule has 0 aromatic carbocycles. The molecule has 1 rings (SSSR count). The molecule has 0 aromatic heterocycles. The van der Waals surface area contributed by atoms with Crippen LogP contribution in [0.1, 0.15) is 39.5 Å². The van der Waals surface area contributed by atoms with Gasteiger partial charge in [-0.3, -0.25) is 5.32 Å². The molecular weight excluding hydrogens is 236 g/mol. The molecule has 1 heterocycles.